The Balaban J connectivity index is 0.000000317. The summed E-state index contributed by atoms with van der Waals surface area (Å²) in [6.45, 7) is 2.10. The zero-order valence-corrected chi connectivity index (χ0v) is 55.1. The van der Waals surface area contributed by atoms with Crippen LogP contribution < -0.4 is 56.2 Å². The molecule has 0 saturated carbocycles. The van der Waals surface area contributed by atoms with E-state index in [2.05, 4.69) is 113 Å². The van der Waals surface area contributed by atoms with Crippen LogP contribution >= 0.6 is 47.8 Å². The molecule has 87 heavy (non-hydrogen) atoms. The van der Waals surface area contributed by atoms with Crippen molar-refractivity contribution >= 4 is 89.2 Å². The standard InChI is InChI=1S/C15H15BrFN5O5S.C15H18BrFN4O4S.C10H3BrFN5O5.C5H13NO2S.Na.H2O/c1-18-28(24,25)7-3-2-4-12-13(20-27-19-12)14-21-26-15(23)22(14)9-5-6-11(17)10(16)8-9;1-18-26(23,24)7-3-2-4-13-15(21-25-20-13)14(19-22)9-10-5-6-12(17)11(16)8-10;11-5-3-4(1-2-6(5)12)16-8(14-21-10(16)18)7-9(17(19)20)15-22-13-7;1-2-9(7,8)5-3-4-6;;/h5-6,8,18H,2-4,7H2,1H3;5-6,8,18,22H,2-4,7,9H2,1H3;1-3H;2-6H2,1H3;;1H2/q;;;;+1;/p-1/b;19-14+;;;;. The maximum Gasteiger partial charge on any atom is 1.00 e. The van der Waals surface area contributed by atoms with Gasteiger partial charge in [-0.3, -0.25) is 9.05 Å². The topological polar surface area (TPSA) is 471 Å². The van der Waals surface area contributed by atoms with Crippen molar-refractivity contribution in [3.05, 3.63) is 139 Å². The average Bonchev–Trinajstić information content (AvgIpc) is 1.85. The molecule has 5 aromatic heterocycles. The van der Waals surface area contributed by atoms with Crippen LogP contribution in [0.4, 0.5) is 19.0 Å². The first-order valence-corrected chi connectivity index (χ1v) is 31.9. The van der Waals surface area contributed by atoms with Gasteiger partial charge in [-0.2, -0.15) is 0 Å². The van der Waals surface area contributed by atoms with E-state index in [0.29, 0.717) is 84.3 Å². The fraction of sp³-hybridized carbons (Fsp3) is 0.356. The minimum Gasteiger partial charge on any atom is -0.870 e. The Morgan fingerprint density at radius 1 is 0.667 bits per heavy atom. The van der Waals surface area contributed by atoms with E-state index in [1.165, 1.54) is 50.5 Å². The molecule has 6 N–H and O–H groups in total. The molecule has 42 heteroatoms. The second kappa shape index (κ2) is 35.1. The maximum atomic E-state index is 13.5. The summed E-state index contributed by atoms with van der Waals surface area (Å²) in [5.41, 5.74) is 7.48. The molecule has 8 aromatic rings. The van der Waals surface area contributed by atoms with Gasteiger partial charge in [-0.1, -0.05) is 38.8 Å². The number of hydrogen-bond donors (Lipinski definition) is 4. The van der Waals surface area contributed by atoms with Crippen LogP contribution in [0.2, 0.25) is 0 Å². The molecule has 0 aliphatic rings. The van der Waals surface area contributed by atoms with Crippen LogP contribution in [0.5, 0.6) is 0 Å². The first kappa shape index (κ1) is 75.0. The van der Waals surface area contributed by atoms with Crippen LogP contribution in [-0.4, -0.2) is 141 Å². The molecular formula is C45H50Br3F3N15NaO17S3. The largest absolute Gasteiger partial charge is 1.00 e. The molecular weight excluding hydrogens is 1440 g/mol. The second-order valence-electron chi connectivity index (χ2n) is 17.0. The van der Waals surface area contributed by atoms with E-state index in [1.807, 2.05) is 0 Å². The number of nitrogens with one attached hydrogen (secondary N) is 2. The van der Waals surface area contributed by atoms with E-state index in [1.54, 1.807) is 19.1 Å². The van der Waals surface area contributed by atoms with Gasteiger partial charge in [0, 0.05) is 12.2 Å². The Hall–Kier alpha value is -6.25. The van der Waals surface area contributed by atoms with Crippen molar-refractivity contribution in [1.82, 2.24) is 59.8 Å². The number of sulfonamides is 2. The predicted molar refractivity (Wildman–Crippen MR) is 305 cm³/mol. The van der Waals surface area contributed by atoms with E-state index in [9.17, 15) is 63.3 Å². The van der Waals surface area contributed by atoms with Crippen molar-refractivity contribution in [2.75, 3.05) is 43.7 Å². The number of oxime groups is 1. The van der Waals surface area contributed by atoms with Gasteiger partial charge in [0.25, 0.3) is 5.69 Å². The van der Waals surface area contributed by atoms with Gasteiger partial charge in [-0.05, 0) is 188 Å². The molecule has 468 valence electrons. The molecule has 0 spiro atoms. The molecule has 0 aliphatic heterocycles. The van der Waals surface area contributed by atoms with Gasteiger partial charge in [0.1, 0.15) is 44.4 Å². The van der Waals surface area contributed by atoms with Crippen molar-refractivity contribution in [2.24, 2.45) is 10.9 Å². The van der Waals surface area contributed by atoms with E-state index in [-0.39, 0.29) is 102 Å². The third kappa shape index (κ3) is 21.8. The molecule has 0 unspecified atom stereocenters. The molecule has 0 amide bonds. The number of halogens is 6. The van der Waals surface area contributed by atoms with E-state index in [4.69, 9.17) is 19.5 Å². The number of nitrogens with two attached hydrogens (primary N) is 1. The summed E-state index contributed by atoms with van der Waals surface area (Å²) in [7, 11) is -6.58. The number of aromatic nitrogens is 10. The summed E-state index contributed by atoms with van der Waals surface area (Å²) in [5.74, 6) is -3.70. The number of rotatable bonds is 24. The summed E-state index contributed by atoms with van der Waals surface area (Å²) in [5, 5.41) is 52.2. The van der Waals surface area contributed by atoms with Gasteiger partial charge in [-0.15, -0.1) is 4.63 Å². The normalized spacial score (nSPS) is 11.5. The summed E-state index contributed by atoms with van der Waals surface area (Å²) in [6.07, 6.45) is 3.42. The fourth-order valence-electron chi connectivity index (χ4n) is 6.91. The van der Waals surface area contributed by atoms with Gasteiger partial charge in [0.05, 0.1) is 42.1 Å². The monoisotopic (exact) mass is 1490 g/mol. The predicted octanol–water partition coefficient (Wildman–Crippen LogP) is 2.20. The molecule has 32 nitrogen and oxygen atoms in total. The van der Waals surface area contributed by atoms with Gasteiger partial charge in [0.15, 0.2) is 16.5 Å². The van der Waals surface area contributed by atoms with Crippen molar-refractivity contribution in [3.8, 4) is 34.4 Å². The minimum absolute atomic E-state index is 0. The molecule has 3 aromatic carbocycles. The molecule has 8 rings (SSSR count). The Labute approximate surface area is 537 Å². The second-order valence-corrected chi connectivity index (χ2v) is 26.2. The molecule has 0 saturated heterocycles. The SMILES string of the molecule is CCS(=O)(=O)CCCN.CNS(=O)(=O)CCCCc1nonc1-c1noc(=O)n1-c1ccc(F)c(Br)c1.CNS(=O)(=O)CCCCc1nonc1/C(Cc1ccc(F)c(Br)c1)=N/O.O=c1onc(-c2nonc2[N+](=O)[O-])n1-c1ccc(F)c(Br)c1.[Na+].[OH-]. The van der Waals surface area contributed by atoms with Crippen LogP contribution in [0.25, 0.3) is 34.4 Å². The summed E-state index contributed by atoms with van der Waals surface area (Å²) < 4.78 is 137. The van der Waals surface area contributed by atoms with Crippen LogP contribution in [0.15, 0.2) is 106 Å². The third-order valence-corrected chi connectivity index (χ3v) is 17.8. The number of aryl methyl sites for hydroxylation is 2. The van der Waals surface area contributed by atoms with Gasteiger partial charge in [0.2, 0.25) is 31.7 Å². The van der Waals surface area contributed by atoms with Gasteiger partial charge < -0.3 is 26.5 Å². The number of hydrogen-bond acceptors (Lipinski definition) is 27. The van der Waals surface area contributed by atoms with Crippen LogP contribution in [-0.2, 0) is 49.1 Å². The van der Waals surface area contributed by atoms with E-state index < -0.39 is 75.3 Å². The Morgan fingerprint density at radius 2 is 1.13 bits per heavy atom. The molecule has 5 heterocycles. The molecule has 0 atom stereocenters. The fourth-order valence-corrected chi connectivity index (χ4v) is 10.5. The van der Waals surface area contributed by atoms with Gasteiger partial charge in [-0.25, -0.2) is 75.9 Å². The van der Waals surface area contributed by atoms with Crippen molar-refractivity contribution < 1.29 is 107 Å². The summed E-state index contributed by atoms with van der Waals surface area (Å²) >= 11 is 9.14. The van der Waals surface area contributed by atoms with E-state index >= 15 is 0 Å². The molecule has 0 radical (unpaired) electrons. The van der Waals surface area contributed by atoms with E-state index in [0.717, 1.165) is 15.2 Å². The smallest absolute Gasteiger partial charge is 0.870 e. The minimum atomic E-state index is -3.29. The number of nitro groups is 1. The third-order valence-electron chi connectivity index (χ3n) is 11.3. The van der Waals surface area contributed by atoms with Gasteiger partial charge >= 0.3 is 46.9 Å². The summed E-state index contributed by atoms with van der Waals surface area (Å²) in [4.78, 5) is 33.9. The first-order valence-electron chi connectivity index (χ1n) is 24.4. The van der Waals surface area contributed by atoms with Crippen molar-refractivity contribution in [3.63, 3.8) is 0 Å². The molecule has 0 fully saturated rings. The number of sulfone groups is 1. The number of nitrogens with zero attached hydrogens (tertiary/aromatic N) is 12. The zero-order chi connectivity index (χ0) is 62.6. The van der Waals surface area contributed by atoms with Crippen LogP contribution in [0.1, 0.15) is 61.7 Å². The Bertz CT molecular complexity index is 4070. The Kier molecular flexibility index (Phi) is 30.2. The molecule has 0 bridgehead atoms. The quantitative estimate of drug-likeness (QED) is 0.0168. The van der Waals surface area contributed by atoms with Crippen molar-refractivity contribution in [1.29, 1.82) is 0 Å². The molecule has 0 aliphatic carbocycles. The first-order chi connectivity index (χ1) is 40.3. The average molecular weight is 1490 g/mol. The Morgan fingerprint density at radius 3 is 1.60 bits per heavy atom. The van der Waals surface area contributed by atoms with Crippen molar-refractivity contribution in [2.45, 2.75) is 58.3 Å². The number of benzene rings is 3. The number of unbranched alkanes of at least 4 members (excludes halogenated alkanes) is 2. The van der Waals surface area contributed by atoms with Crippen LogP contribution in [0, 0.1) is 27.6 Å². The zero-order valence-electron chi connectivity index (χ0n) is 45.8. The summed E-state index contributed by atoms with van der Waals surface area (Å²) in [6, 6.07) is 12.1. The van der Waals surface area contributed by atoms with Crippen LogP contribution in [0.3, 0.4) is 0 Å². The maximum absolute atomic E-state index is 13.5.